The molecule has 1 saturated heterocycles. The van der Waals surface area contributed by atoms with Gasteiger partial charge in [0.2, 0.25) is 0 Å². The van der Waals surface area contributed by atoms with Gasteiger partial charge in [-0.25, -0.2) is 4.68 Å². The van der Waals surface area contributed by atoms with E-state index in [9.17, 15) is 0 Å². The summed E-state index contributed by atoms with van der Waals surface area (Å²) in [5.41, 5.74) is 4.15. The third-order valence-corrected chi connectivity index (χ3v) is 5.01. The summed E-state index contributed by atoms with van der Waals surface area (Å²) < 4.78 is 7.38. The molecule has 0 bridgehead atoms. The van der Waals surface area contributed by atoms with Crippen LogP contribution in [0.2, 0.25) is 0 Å². The normalized spacial score (nSPS) is 17.8. The number of nitrogens with zero attached hydrogens (tertiary/aromatic N) is 5. The molecule has 28 heavy (non-hydrogen) atoms. The first kappa shape index (κ1) is 20.3. The summed E-state index contributed by atoms with van der Waals surface area (Å²) in [5, 5.41) is 12.2. The predicted molar refractivity (Wildman–Crippen MR) is 112 cm³/mol. The summed E-state index contributed by atoms with van der Waals surface area (Å²) >= 11 is 0. The van der Waals surface area contributed by atoms with Crippen LogP contribution in [0, 0.1) is 13.8 Å². The van der Waals surface area contributed by atoms with E-state index in [0.29, 0.717) is 5.89 Å². The standard InChI is InChI=1S/C20H24N6O.ClH/c1-14-17(15(2)26(23-14)16-7-5-4-6-8-16)9-10-19-22-20(24-27-19)18-13-21-11-12-25(18)3;/h4-10,18,21H,11-13H2,1-3H3;1H/b10-9+;. The highest BCUT2D eigenvalue weighted by Gasteiger charge is 2.24. The lowest BCUT2D eigenvalue weighted by atomic mass is 10.2. The van der Waals surface area contributed by atoms with Gasteiger partial charge in [0.05, 0.1) is 17.4 Å². The molecule has 4 rings (SSSR count). The molecule has 3 heterocycles. The van der Waals surface area contributed by atoms with Crippen molar-refractivity contribution in [3.05, 3.63) is 59.0 Å². The second-order valence-electron chi connectivity index (χ2n) is 6.86. The van der Waals surface area contributed by atoms with Crippen LogP contribution >= 0.6 is 12.4 Å². The predicted octanol–water partition coefficient (Wildman–Crippen LogP) is 3.04. The minimum Gasteiger partial charge on any atom is -0.335 e. The first-order valence-electron chi connectivity index (χ1n) is 9.18. The SMILES string of the molecule is Cc1nn(-c2ccccc2)c(C)c1/C=C/c1nc(C2CNCCN2C)no1.Cl. The van der Waals surface area contributed by atoms with Gasteiger partial charge < -0.3 is 9.84 Å². The van der Waals surface area contributed by atoms with E-state index in [0.717, 1.165) is 48.1 Å². The lowest BCUT2D eigenvalue weighted by molar-refractivity contribution is 0.190. The molecule has 1 atom stereocenters. The molecular formula is C20H25ClN6O. The molecule has 1 aliphatic heterocycles. The highest BCUT2D eigenvalue weighted by Crippen LogP contribution is 2.21. The molecule has 0 radical (unpaired) electrons. The van der Waals surface area contributed by atoms with Gasteiger partial charge in [-0.1, -0.05) is 23.4 Å². The Balaban J connectivity index is 0.00000225. The summed E-state index contributed by atoms with van der Waals surface area (Å²) in [4.78, 5) is 6.79. The largest absolute Gasteiger partial charge is 0.335 e. The van der Waals surface area contributed by atoms with E-state index in [4.69, 9.17) is 4.52 Å². The van der Waals surface area contributed by atoms with E-state index in [-0.39, 0.29) is 18.4 Å². The van der Waals surface area contributed by atoms with Gasteiger partial charge in [-0.05, 0) is 39.1 Å². The van der Waals surface area contributed by atoms with Gasteiger partial charge in [-0.15, -0.1) is 12.4 Å². The van der Waals surface area contributed by atoms with Crippen LogP contribution < -0.4 is 5.32 Å². The van der Waals surface area contributed by atoms with Crippen LogP contribution in [0.5, 0.6) is 0 Å². The molecule has 1 unspecified atom stereocenters. The van der Waals surface area contributed by atoms with Crippen molar-refractivity contribution < 1.29 is 4.52 Å². The molecule has 3 aromatic rings. The number of aromatic nitrogens is 4. The molecule has 0 amide bonds. The van der Waals surface area contributed by atoms with Crippen molar-refractivity contribution in [2.75, 3.05) is 26.7 Å². The first-order chi connectivity index (χ1) is 13.1. The van der Waals surface area contributed by atoms with Gasteiger partial charge in [-0.2, -0.15) is 10.1 Å². The van der Waals surface area contributed by atoms with E-state index in [1.54, 1.807) is 0 Å². The molecule has 1 aliphatic rings. The van der Waals surface area contributed by atoms with Crippen LogP contribution in [-0.4, -0.2) is 51.5 Å². The van der Waals surface area contributed by atoms with Crippen molar-refractivity contribution in [1.82, 2.24) is 30.1 Å². The van der Waals surface area contributed by atoms with E-state index in [2.05, 4.69) is 39.4 Å². The molecule has 1 N–H and O–H groups in total. The highest BCUT2D eigenvalue weighted by molar-refractivity contribution is 5.85. The zero-order valence-electron chi connectivity index (χ0n) is 16.3. The molecule has 148 valence electrons. The number of benzene rings is 1. The second kappa shape index (κ2) is 8.68. The van der Waals surface area contributed by atoms with Gasteiger partial charge in [0, 0.05) is 37.0 Å². The Morgan fingerprint density at radius 2 is 1.96 bits per heavy atom. The number of hydrogen-bond donors (Lipinski definition) is 1. The van der Waals surface area contributed by atoms with Crippen molar-refractivity contribution >= 4 is 24.6 Å². The Hall–Kier alpha value is -2.48. The number of piperazine rings is 1. The molecule has 0 spiro atoms. The topological polar surface area (TPSA) is 72.0 Å². The van der Waals surface area contributed by atoms with E-state index < -0.39 is 0 Å². The highest BCUT2D eigenvalue weighted by atomic mass is 35.5. The van der Waals surface area contributed by atoms with Crippen molar-refractivity contribution in [2.45, 2.75) is 19.9 Å². The molecule has 0 aliphatic carbocycles. The number of rotatable bonds is 4. The number of halogens is 1. The number of para-hydroxylation sites is 1. The zero-order chi connectivity index (χ0) is 18.8. The Bertz CT molecular complexity index is 949. The van der Waals surface area contributed by atoms with Gasteiger partial charge in [0.15, 0.2) is 5.82 Å². The van der Waals surface area contributed by atoms with Crippen LogP contribution in [0.4, 0.5) is 0 Å². The molecular weight excluding hydrogens is 376 g/mol. The molecule has 7 nitrogen and oxygen atoms in total. The second-order valence-corrected chi connectivity index (χ2v) is 6.86. The fraction of sp³-hybridized carbons (Fsp3) is 0.350. The van der Waals surface area contributed by atoms with E-state index in [1.165, 1.54) is 0 Å². The molecule has 8 heteroatoms. The van der Waals surface area contributed by atoms with Gasteiger partial charge in [0.25, 0.3) is 5.89 Å². The lowest BCUT2D eigenvalue weighted by Gasteiger charge is -2.30. The Kier molecular flexibility index (Phi) is 6.28. The molecule has 2 aromatic heterocycles. The molecule has 0 saturated carbocycles. The van der Waals surface area contributed by atoms with Crippen LogP contribution in [0.15, 0.2) is 34.9 Å². The first-order valence-corrected chi connectivity index (χ1v) is 9.18. The third kappa shape index (κ3) is 4.01. The fourth-order valence-corrected chi connectivity index (χ4v) is 3.42. The summed E-state index contributed by atoms with van der Waals surface area (Å²) in [7, 11) is 2.09. The Labute approximate surface area is 170 Å². The number of likely N-dealkylation sites (N-methyl/N-ethyl adjacent to an activating group) is 1. The summed E-state index contributed by atoms with van der Waals surface area (Å²) in [6.07, 6.45) is 3.86. The van der Waals surface area contributed by atoms with Crippen molar-refractivity contribution in [2.24, 2.45) is 0 Å². The van der Waals surface area contributed by atoms with Crippen molar-refractivity contribution in [3.63, 3.8) is 0 Å². The maximum absolute atomic E-state index is 5.43. The lowest BCUT2D eigenvalue weighted by Crippen LogP contribution is -2.44. The Morgan fingerprint density at radius 1 is 1.18 bits per heavy atom. The van der Waals surface area contributed by atoms with Gasteiger partial charge in [-0.3, -0.25) is 4.90 Å². The van der Waals surface area contributed by atoms with E-state index in [1.807, 2.05) is 54.1 Å². The number of hydrogen-bond acceptors (Lipinski definition) is 6. The van der Waals surface area contributed by atoms with Gasteiger partial charge in [0.1, 0.15) is 0 Å². The molecule has 1 aromatic carbocycles. The Morgan fingerprint density at radius 3 is 2.71 bits per heavy atom. The van der Waals surface area contributed by atoms with Crippen molar-refractivity contribution in [3.8, 4) is 5.69 Å². The number of aryl methyl sites for hydroxylation is 1. The average molecular weight is 401 g/mol. The fourth-order valence-electron chi connectivity index (χ4n) is 3.42. The van der Waals surface area contributed by atoms with Crippen LogP contribution in [-0.2, 0) is 0 Å². The molecule has 1 fully saturated rings. The quantitative estimate of drug-likeness (QED) is 0.725. The monoisotopic (exact) mass is 400 g/mol. The zero-order valence-corrected chi connectivity index (χ0v) is 17.1. The summed E-state index contributed by atoms with van der Waals surface area (Å²) in [6.45, 7) is 6.87. The minimum atomic E-state index is 0. The maximum atomic E-state index is 5.43. The maximum Gasteiger partial charge on any atom is 0.250 e. The summed E-state index contributed by atoms with van der Waals surface area (Å²) in [5.74, 6) is 1.23. The van der Waals surface area contributed by atoms with Gasteiger partial charge >= 0.3 is 0 Å². The smallest absolute Gasteiger partial charge is 0.250 e. The minimum absolute atomic E-state index is 0. The van der Waals surface area contributed by atoms with Crippen LogP contribution in [0.25, 0.3) is 17.8 Å². The van der Waals surface area contributed by atoms with Crippen molar-refractivity contribution in [1.29, 1.82) is 0 Å². The van der Waals surface area contributed by atoms with Crippen LogP contribution in [0.3, 0.4) is 0 Å². The third-order valence-electron chi connectivity index (χ3n) is 5.01. The van der Waals surface area contributed by atoms with E-state index >= 15 is 0 Å². The average Bonchev–Trinajstić information content (AvgIpc) is 3.26. The van der Waals surface area contributed by atoms with Crippen LogP contribution in [0.1, 0.15) is 34.7 Å². The number of nitrogens with one attached hydrogen (secondary N) is 1. The summed E-state index contributed by atoms with van der Waals surface area (Å²) in [6, 6.07) is 10.3.